The number of hydrogen-bond acceptors (Lipinski definition) is 7. The summed E-state index contributed by atoms with van der Waals surface area (Å²) in [5, 5.41) is 13.8. The van der Waals surface area contributed by atoms with Gasteiger partial charge in [-0.05, 0) is 54.1 Å². The molecule has 0 aliphatic carbocycles. The van der Waals surface area contributed by atoms with E-state index in [-0.39, 0.29) is 70.8 Å². The number of methoxy groups -OCH3 is 1. The molecule has 8 nitrogen and oxygen atoms in total. The number of benzene rings is 5. The van der Waals surface area contributed by atoms with Crippen molar-refractivity contribution in [3.8, 4) is 28.7 Å². The number of carbonyl (C=O) groups excluding carboxylic acids is 1. The van der Waals surface area contributed by atoms with E-state index in [1.807, 2.05) is 0 Å². The molecule has 0 radical (unpaired) electrons. The molecule has 0 aromatic heterocycles. The summed E-state index contributed by atoms with van der Waals surface area (Å²) < 4.78 is 66.5. The van der Waals surface area contributed by atoms with E-state index in [0.29, 0.717) is 5.56 Å². The van der Waals surface area contributed by atoms with Crippen LogP contribution in [0.25, 0.3) is 0 Å². The molecule has 11 heteroatoms. The SMILES string of the molecule is COc1cc(C=NNC(=O)c2cc(OCc3ccccc3F)c(OCc3ccccc3F)c(OCc3ccccc3F)c2)ccc1O. The lowest BCUT2D eigenvalue weighted by Crippen LogP contribution is -2.18. The number of hydrogen-bond donors (Lipinski definition) is 2. The van der Waals surface area contributed by atoms with Gasteiger partial charge in [0.05, 0.1) is 13.3 Å². The third kappa shape index (κ3) is 8.40. The van der Waals surface area contributed by atoms with Crippen LogP contribution in [0.4, 0.5) is 13.2 Å². The van der Waals surface area contributed by atoms with Crippen LogP contribution in [0.5, 0.6) is 28.7 Å². The summed E-state index contributed by atoms with van der Waals surface area (Å²) in [5.74, 6) is -2.10. The molecule has 1 amide bonds. The summed E-state index contributed by atoms with van der Waals surface area (Å²) in [5.41, 5.74) is 3.63. The molecule has 5 aromatic carbocycles. The Morgan fingerprint density at radius 1 is 0.702 bits per heavy atom. The van der Waals surface area contributed by atoms with Crippen molar-refractivity contribution in [2.75, 3.05) is 7.11 Å². The third-order valence-corrected chi connectivity index (χ3v) is 6.88. The average Bonchev–Trinajstić information content (AvgIpc) is 3.08. The highest BCUT2D eigenvalue weighted by atomic mass is 19.1. The molecular weight excluding hydrogens is 613 g/mol. The lowest BCUT2D eigenvalue weighted by molar-refractivity contribution is 0.0953. The first-order chi connectivity index (χ1) is 22.8. The molecule has 0 fully saturated rings. The Morgan fingerprint density at radius 3 is 1.68 bits per heavy atom. The largest absolute Gasteiger partial charge is 0.504 e. The van der Waals surface area contributed by atoms with Gasteiger partial charge < -0.3 is 24.1 Å². The number of phenolic OH excluding ortho intramolecular Hbond substituents is 1. The molecule has 0 aliphatic heterocycles. The number of ether oxygens (including phenoxy) is 4. The first kappa shape index (κ1) is 32.4. The highest BCUT2D eigenvalue weighted by molar-refractivity contribution is 5.96. The third-order valence-electron chi connectivity index (χ3n) is 6.88. The molecular formula is C36H29F3N2O6. The number of amides is 1. The molecule has 0 heterocycles. The maximum atomic E-state index is 14.5. The van der Waals surface area contributed by atoms with Crippen LogP contribution in [0, 0.1) is 17.5 Å². The van der Waals surface area contributed by atoms with Gasteiger partial charge in [-0.1, -0.05) is 54.6 Å². The first-order valence-electron chi connectivity index (χ1n) is 14.3. The van der Waals surface area contributed by atoms with Gasteiger partial charge in [-0.15, -0.1) is 0 Å². The Balaban J connectivity index is 1.49. The normalized spacial score (nSPS) is 10.9. The quantitative estimate of drug-likeness (QED) is 0.103. The lowest BCUT2D eigenvalue weighted by Gasteiger charge is -2.19. The van der Waals surface area contributed by atoms with Crippen LogP contribution in [0.3, 0.4) is 0 Å². The number of hydrazone groups is 1. The lowest BCUT2D eigenvalue weighted by atomic mass is 10.1. The molecule has 0 atom stereocenters. The van der Waals surface area contributed by atoms with Crippen molar-refractivity contribution in [3.63, 3.8) is 0 Å². The van der Waals surface area contributed by atoms with Gasteiger partial charge in [0, 0.05) is 22.3 Å². The van der Waals surface area contributed by atoms with Gasteiger partial charge in [-0.2, -0.15) is 5.10 Å². The zero-order valence-corrected chi connectivity index (χ0v) is 25.1. The van der Waals surface area contributed by atoms with Crippen LogP contribution in [0.1, 0.15) is 32.6 Å². The second-order valence-electron chi connectivity index (χ2n) is 10.1. The maximum Gasteiger partial charge on any atom is 0.271 e. The van der Waals surface area contributed by atoms with E-state index in [9.17, 15) is 23.1 Å². The highest BCUT2D eigenvalue weighted by Gasteiger charge is 2.21. The fourth-order valence-electron chi connectivity index (χ4n) is 4.38. The topological polar surface area (TPSA) is 98.6 Å². The Labute approximate surface area is 268 Å². The number of nitrogens with one attached hydrogen (secondary N) is 1. The minimum atomic E-state index is -0.681. The summed E-state index contributed by atoms with van der Waals surface area (Å²) in [6.45, 7) is -0.743. The van der Waals surface area contributed by atoms with Crippen molar-refractivity contribution in [3.05, 3.63) is 148 Å². The molecule has 0 saturated carbocycles. The number of rotatable bonds is 13. The minimum Gasteiger partial charge on any atom is -0.504 e. The van der Waals surface area contributed by atoms with E-state index in [0.717, 1.165) is 0 Å². The zero-order chi connectivity index (χ0) is 33.2. The monoisotopic (exact) mass is 642 g/mol. The zero-order valence-electron chi connectivity index (χ0n) is 25.1. The van der Waals surface area contributed by atoms with E-state index >= 15 is 0 Å². The minimum absolute atomic E-state index is 0.00995. The van der Waals surface area contributed by atoms with Crippen LogP contribution in [0.2, 0.25) is 0 Å². The van der Waals surface area contributed by atoms with E-state index in [4.69, 9.17) is 18.9 Å². The van der Waals surface area contributed by atoms with Gasteiger partial charge >= 0.3 is 0 Å². The molecule has 2 N–H and O–H groups in total. The molecule has 0 aliphatic rings. The first-order valence-corrected chi connectivity index (χ1v) is 14.3. The van der Waals surface area contributed by atoms with Crippen molar-refractivity contribution < 1.29 is 42.0 Å². The average molecular weight is 643 g/mol. The van der Waals surface area contributed by atoms with Gasteiger partial charge in [-0.25, -0.2) is 18.6 Å². The summed E-state index contributed by atoms with van der Waals surface area (Å²) in [6, 6.07) is 25.2. The molecule has 0 bridgehead atoms. The van der Waals surface area contributed by atoms with Gasteiger partial charge in [-0.3, -0.25) is 4.79 Å². The van der Waals surface area contributed by atoms with Crippen LogP contribution in [-0.4, -0.2) is 24.3 Å². The van der Waals surface area contributed by atoms with Gasteiger partial charge in [0.15, 0.2) is 23.0 Å². The fourth-order valence-corrected chi connectivity index (χ4v) is 4.38. The van der Waals surface area contributed by atoms with Crippen LogP contribution in [-0.2, 0) is 19.8 Å². The maximum absolute atomic E-state index is 14.5. The molecule has 0 spiro atoms. The fraction of sp³-hybridized carbons (Fsp3) is 0.111. The smallest absolute Gasteiger partial charge is 0.271 e. The van der Waals surface area contributed by atoms with Crippen molar-refractivity contribution >= 4 is 12.1 Å². The Morgan fingerprint density at radius 2 is 1.19 bits per heavy atom. The number of phenols is 1. The summed E-state index contributed by atoms with van der Waals surface area (Å²) >= 11 is 0. The van der Waals surface area contributed by atoms with Gasteiger partial charge in [0.25, 0.3) is 5.91 Å². The molecule has 47 heavy (non-hydrogen) atoms. The van der Waals surface area contributed by atoms with Crippen molar-refractivity contribution in [1.29, 1.82) is 0 Å². The summed E-state index contributed by atoms with van der Waals surface area (Å²) in [7, 11) is 1.40. The molecule has 240 valence electrons. The van der Waals surface area contributed by atoms with E-state index < -0.39 is 23.4 Å². The molecule has 5 rings (SSSR count). The Bertz CT molecular complexity index is 1830. The summed E-state index contributed by atoms with van der Waals surface area (Å²) in [4.78, 5) is 13.3. The van der Waals surface area contributed by atoms with E-state index in [2.05, 4.69) is 10.5 Å². The van der Waals surface area contributed by atoms with E-state index in [1.54, 1.807) is 36.4 Å². The number of aromatic hydroxyl groups is 1. The van der Waals surface area contributed by atoms with Crippen molar-refractivity contribution in [2.24, 2.45) is 5.10 Å². The van der Waals surface area contributed by atoms with Gasteiger partial charge in [0.1, 0.15) is 37.3 Å². The molecule has 0 saturated heterocycles. The second-order valence-corrected chi connectivity index (χ2v) is 10.1. The standard InChI is InChI=1S/C36H29F3N2O6/c1-44-32-16-23(14-15-31(32)42)19-40-41-36(43)27-17-33(45-20-24-8-2-5-11-28(24)37)35(47-22-26-10-4-7-13-30(26)39)34(18-27)46-21-25-9-3-6-12-29(25)38/h2-19,42H,20-22H2,1H3,(H,41,43). The number of nitrogens with zero attached hydrogens (tertiary/aromatic N) is 1. The Kier molecular flexibility index (Phi) is 10.6. The van der Waals surface area contributed by atoms with E-state index in [1.165, 1.54) is 80.1 Å². The van der Waals surface area contributed by atoms with Crippen LogP contribution in [0.15, 0.2) is 108 Å². The van der Waals surface area contributed by atoms with Crippen LogP contribution < -0.4 is 24.4 Å². The summed E-state index contributed by atoms with van der Waals surface area (Å²) in [6.07, 6.45) is 1.34. The Hall–Kier alpha value is -5.97. The van der Waals surface area contributed by atoms with Crippen molar-refractivity contribution in [1.82, 2.24) is 5.43 Å². The predicted octanol–water partition coefficient (Wildman–Crippen LogP) is 7.32. The number of halogens is 3. The predicted molar refractivity (Wildman–Crippen MR) is 168 cm³/mol. The van der Waals surface area contributed by atoms with Crippen molar-refractivity contribution in [2.45, 2.75) is 19.8 Å². The highest BCUT2D eigenvalue weighted by Crippen LogP contribution is 2.41. The van der Waals surface area contributed by atoms with Gasteiger partial charge in [0.2, 0.25) is 5.75 Å². The number of carbonyl (C=O) groups is 1. The molecule has 0 unspecified atom stereocenters. The second kappa shape index (κ2) is 15.3. The molecule has 5 aromatic rings. The van der Waals surface area contributed by atoms with Crippen LogP contribution >= 0.6 is 0 Å².